The van der Waals surface area contributed by atoms with Gasteiger partial charge in [0.2, 0.25) is 0 Å². The monoisotopic (exact) mass is 122 g/mol. The maximum atomic E-state index is 10.1. The van der Waals surface area contributed by atoms with Gasteiger partial charge in [-0.2, -0.15) is 10.2 Å². The van der Waals surface area contributed by atoms with Crippen molar-refractivity contribution < 1.29 is 4.79 Å². The first-order valence-corrected chi connectivity index (χ1v) is 3.04. The van der Waals surface area contributed by atoms with Crippen LogP contribution in [-0.4, -0.2) is 18.0 Å². The van der Waals surface area contributed by atoms with Crippen LogP contribution in [0.15, 0.2) is 15.8 Å². The van der Waals surface area contributed by atoms with Crippen molar-refractivity contribution in [2.24, 2.45) is 10.2 Å². The minimum absolute atomic E-state index is 0.104. The Balaban J connectivity index is 2.39. The van der Waals surface area contributed by atoms with Crippen LogP contribution >= 0.6 is 0 Å². The minimum Gasteiger partial charge on any atom is -0.233 e. The van der Waals surface area contributed by atoms with Crippen LogP contribution in [0, 0.1) is 0 Å². The van der Waals surface area contributed by atoms with Crippen molar-refractivity contribution in [3.63, 3.8) is 0 Å². The van der Waals surface area contributed by atoms with Gasteiger partial charge in [-0.05, 0) is 0 Å². The molecule has 3 nitrogen and oxygen atoms in total. The lowest BCUT2D eigenvalue weighted by atomic mass is 10.2. The summed E-state index contributed by atoms with van der Waals surface area (Å²) in [4.78, 5) is 10.1. The Bertz CT molecular complexity index is 215. The second-order valence-corrected chi connectivity index (χ2v) is 2.47. The van der Waals surface area contributed by atoms with Crippen molar-refractivity contribution in [2.75, 3.05) is 0 Å². The zero-order chi connectivity index (χ0) is 6.27. The Hall–Kier alpha value is -0.950. The smallest absolute Gasteiger partial charge is 0.125 e. The van der Waals surface area contributed by atoms with Gasteiger partial charge in [0.15, 0.2) is 0 Å². The number of carbonyl (C=O) groups excluding carboxylic acids is 1. The average Bonchev–Trinajstić information content (AvgIpc) is 2.45. The lowest BCUT2D eigenvalue weighted by Gasteiger charge is -1.98. The largest absolute Gasteiger partial charge is 0.233 e. The SMILES string of the molecule is O=C=C1CC2CC1N=N2. The zero-order valence-electron chi connectivity index (χ0n) is 4.87. The van der Waals surface area contributed by atoms with E-state index in [1.807, 2.05) is 5.94 Å². The molecule has 1 fully saturated rings. The van der Waals surface area contributed by atoms with Gasteiger partial charge in [-0.1, -0.05) is 0 Å². The van der Waals surface area contributed by atoms with Gasteiger partial charge in [-0.15, -0.1) is 0 Å². The molecule has 0 aromatic heterocycles. The molecule has 2 aliphatic rings. The number of hydrogen-bond acceptors (Lipinski definition) is 3. The van der Waals surface area contributed by atoms with Gasteiger partial charge in [0.05, 0.1) is 6.04 Å². The van der Waals surface area contributed by atoms with Crippen molar-refractivity contribution in [3.05, 3.63) is 5.57 Å². The summed E-state index contributed by atoms with van der Waals surface area (Å²) in [7, 11) is 0. The number of azo groups is 1. The Labute approximate surface area is 52.5 Å². The van der Waals surface area contributed by atoms with Crippen LogP contribution in [0.5, 0.6) is 0 Å². The summed E-state index contributed by atoms with van der Waals surface area (Å²) >= 11 is 0. The molecule has 1 heterocycles. The highest BCUT2D eigenvalue weighted by atomic mass is 16.1. The molecular weight excluding hydrogens is 116 g/mol. The lowest BCUT2D eigenvalue weighted by molar-refractivity contribution is 0.564. The number of nitrogens with zero attached hydrogens (tertiary/aromatic N) is 2. The van der Waals surface area contributed by atoms with Crippen molar-refractivity contribution in [3.8, 4) is 0 Å². The van der Waals surface area contributed by atoms with Crippen LogP contribution in [0.1, 0.15) is 12.8 Å². The number of hydrogen-bond donors (Lipinski definition) is 0. The van der Waals surface area contributed by atoms with E-state index in [0.29, 0.717) is 6.04 Å². The number of rotatable bonds is 0. The van der Waals surface area contributed by atoms with E-state index in [-0.39, 0.29) is 6.04 Å². The normalized spacial score (nSPS) is 37.6. The first kappa shape index (κ1) is 4.89. The van der Waals surface area contributed by atoms with E-state index in [1.165, 1.54) is 0 Å². The van der Waals surface area contributed by atoms with Crippen molar-refractivity contribution >= 4 is 5.94 Å². The van der Waals surface area contributed by atoms with Crippen LogP contribution < -0.4 is 0 Å². The molecule has 0 amide bonds. The first-order chi connectivity index (χ1) is 4.40. The van der Waals surface area contributed by atoms with Gasteiger partial charge in [0.1, 0.15) is 12.0 Å². The molecule has 9 heavy (non-hydrogen) atoms. The summed E-state index contributed by atoms with van der Waals surface area (Å²) in [5.41, 5.74) is 0.815. The predicted octanol–water partition coefficient (Wildman–Crippen LogP) is 0.741. The molecule has 0 N–H and O–H groups in total. The molecule has 46 valence electrons. The fourth-order valence-electron chi connectivity index (χ4n) is 1.36. The summed E-state index contributed by atoms with van der Waals surface area (Å²) in [5, 5.41) is 7.81. The molecule has 1 aliphatic carbocycles. The standard InChI is InChI=1S/C6H6N2O/c9-3-4-1-5-2-6(4)8-7-5/h5-6H,1-2H2. The highest BCUT2D eigenvalue weighted by Crippen LogP contribution is 2.34. The Morgan fingerprint density at radius 3 is 2.78 bits per heavy atom. The van der Waals surface area contributed by atoms with Gasteiger partial charge in [0, 0.05) is 18.4 Å². The molecule has 0 radical (unpaired) electrons. The first-order valence-electron chi connectivity index (χ1n) is 3.04. The Morgan fingerprint density at radius 2 is 2.44 bits per heavy atom. The van der Waals surface area contributed by atoms with E-state index >= 15 is 0 Å². The molecule has 0 spiro atoms. The summed E-state index contributed by atoms with van der Waals surface area (Å²) in [5.74, 6) is 1.91. The highest BCUT2D eigenvalue weighted by Gasteiger charge is 2.34. The number of fused-ring (bicyclic) bond motifs is 2. The molecule has 3 heteroatoms. The van der Waals surface area contributed by atoms with Gasteiger partial charge < -0.3 is 0 Å². The third-order valence-corrected chi connectivity index (χ3v) is 1.85. The summed E-state index contributed by atoms with van der Waals surface area (Å²) < 4.78 is 0. The van der Waals surface area contributed by atoms with Crippen LogP contribution in [0.2, 0.25) is 0 Å². The average molecular weight is 122 g/mol. The fraction of sp³-hybridized carbons (Fsp3) is 0.667. The van der Waals surface area contributed by atoms with Crippen molar-refractivity contribution in [1.82, 2.24) is 0 Å². The quantitative estimate of drug-likeness (QED) is 0.437. The third-order valence-electron chi connectivity index (χ3n) is 1.85. The van der Waals surface area contributed by atoms with Gasteiger partial charge in [-0.25, -0.2) is 4.79 Å². The minimum atomic E-state index is 0.104. The van der Waals surface area contributed by atoms with Gasteiger partial charge in [-0.3, -0.25) is 0 Å². The molecule has 0 saturated heterocycles. The topological polar surface area (TPSA) is 41.8 Å². The zero-order valence-corrected chi connectivity index (χ0v) is 4.87. The Morgan fingerprint density at radius 1 is 1.56 bits per heavy atom. The van der Waals surface area contributed by atoms with Crippen molar-refractivity contribution in [1.29, 1.82) is 0 Å². The fourth-order valence-corrected chi connectivity index (χ4v) is 1.36. The third kappa shape index (κ3) is 0.552. The molecule has 2 unspecified atom stereocenters. The molecule has 2 bridgehead atoms. The lowest BCUT2D eigenvalue weighted by Crippen LogP contribution is -1.98. The van der Waals surface area contributed by atoms with Crippen LogP contribution in [0.4, 0.5) is 0 Å². The van der Waals surface area contributed by atoms with Crippen LogP contribution in [0.3, 0.4) is 0 Å². The van der Waals surface area contributed by atoms with E-state index < -0.39 is 0 Å². The highest BCUT2D eigenvalue weighted by molar-refractivity contribution is 5.56. The molecule has 2 atom stereocenters. The van der Waals surface area contributed by atoms with E-state index in [4.69, 9.17) is 0 Å². The van der Waals surface area contributed by atoms with Gasteiger partial charge >= 0.3 is 0 Å². The van der Waals surface area contributed by atoms with E-state index in [2.05, 4.69) is 10.2 Å². The molecule has 1 aliphatic heterocycles. The molecule has 0 aromatic carbocycles. The van der Waals surface area contributed by atoms with E-state index in [1.54, 1.807) is 0 Å². The van der Waals surface area contributed by atoms with Gasteiger partial charge in [0.25, 0.3) is 0 Å². The summed E-state index contributed by atoms with van der Waals surface area (Å²) in [6, 6.07) is 0.416. The molecule has 2 rings (SSSR count). The summed E-state index contributed by atoms with van der Waals surface area (Å²) in [6.07, 6.45) is 1.75. The molecule has 1 saturated carbocycles. The Kier molecular flexibility index (Phi) is 0.822. The van der Waals surface area contributed by atoms with Crippen molar-refractivity contribution in [2.45, 2.75) is 24.9 Å². The maximum absolute atomic E-state index is 10.1. The molecular formula is C6H6N2O. The molecule has 0 aromatic rings. The van der Waals surface area contributed by atoms with E-state index in [0.717, 1.165) is 18.4 Å². The second-order valence-electron chi connectivity index (χ2n) is 2.47. The van der Waals surface area contributed by atoms with E-state index in [9.17, 15) is 4.79 Å². The maximum Gasteiger partial charge on any atom is 0.125 e. The van der Waals surface area contributed by atoms with Crippen LogP contribution in [-0.2, 0) is 4.79 Å². The predicted molar refractivity (Wildman–Crippen MR) is 30.9 cm³/mol. The summed E-state index contributed by atoms with van der Waals surface area (Å²) in [6.45, 7) is 0. The second kappa shape index (κ2) is 1.52. The van der Waals surface area contributed by atoms with Crippen LogP contribution in [0.25, 0.3) is 0 Å².